The third-order valence-electron chi connectivity index (χ3n) is 9.36. The zero-order valence-electron chi connectivity index (χ0n) is 32.5. The van der Waals surface area contributed by atoms with Gasteiger partial charge in [0.2, 0.25) is 0 Å². The number of aryl methyl sites for hydroxylation is 2. The quantitative estimate of drug-likeness (QED) is 0.129. The number of benzene rings is 2. The van der Waals surface area contributed by atoms with Crippen molar-refractivity contribution in [3.8, 4) is 23.0 Å². The Labute approximate surface area is 323 Å². The van der Waals surface area contributed by atoms with Gasteiger partial charge in [-0.25, -0.2) is 19.9 Å². The zero-order valence-corrected chi connectivity index (χ0v) is 32.5. The Morgan fingerprint density at radius 1 is 0.759 bits per heavy atom. The SMILES string of the molecule is C.CC=O.CCc1ccnc(Cc2ccc(OC)c(OCC3CCN(CC)C3)c2)n1.CCc1ccnc(Cc2ccc(OC)c(OCC3CCNC3)c2)n1. The van der Waals surface area contributed by atoms with Gasteiger partial charge < -0.3 is 34.0 Å². The van der Waals surface area contributed by atoms with Gasteiger partial charge in [-0.15, -0.1) is 0 Å². The van der Waals surface area contributed by atoms with Gasteiger partial charge in [0.05, 0.1) is 27.4 Å². The average Bonchev–Trinajstić information content (AvgIpc) is 3.90. The lowest BCUT2D eigenvalue weighted by Crippen LogP contribution is -2.21. The molecule has 11 heteroatoms. The van der Waals surface area contributed by atoms with Gasteiger partial charge in [-0.2, -0.15) is 0 Å². The van der Waals surface area contributed by atoms with E-state index in [1.165, 1.54) is 26.3 Å². The van der Waals surface area contributed by atoms with E-state index in [-0.39, 0.29) is 7.43 Å². The van der Waals surface area contributed by atoms with Gasteiger partial charge in [-0.3, -0.25) is 0 Å². The minimum atomic E-state index is 0. The number of carbonyl (C=O) groups is 1. The van der Waals surface area contributed by atoms with E-state index in [2.05, 4.69) is 63.1 Å². The predicted molar refractivity (Wildman–Crippen MR) is 215 cm³/mol. The normalized spacial score (nSPS) is 16.2. The number of nitrogens with one attached hydrogen (secondary N) is 1. The summed E-state index contributed by atoms with van der Waals surface area (Å²) in [6, 6.07) is 16.1. The molecule has 2 aliphatic rings. The molecule has 54 heavy (non-hydrogen) atoms. The van der Waals surface area contributed by atoms with Crippen LogP contribution in [0.4, 0.5) is 0 Å². The highest BCUT2D eigenvalue weighted by Gasteiger charge is 2.22. The van der Waals surface area contributed by atoms with Crippen LogP contribution in [0.25, 0.3) is 0 Å². The Morgan fingerprint density at radius 3 is 1.70 bits per heavy atom. The standard InChI is InChI=1S/C21H29N3O2.C19H25N3O2.C2H4O.CH4/c1-4-18-8-10-22-21(23-18)13-16-6-7-19(25-3)20(12-16)26-15-17-9-11-24(5-2)14-17;1-3-16-7-9-21-19(22-16)11-14-4-5-17(23-2)18(10-14)24-13-15-6-8-20-12-15;1-2-3;/h6-8,10,12,17H,4-5,9,11,13-15H2,1-3H3;4-5,7,9-10,15,20H,3,6,8,11-13H2,1-2H3;2H,1H3;1H4. The van der Waals surface area contributed by atoms with Gasteiger partial charge >= 0.3 is 0 Å². The number of carbonyl (C=O) groups excluding carboxylic acids is 1. The van der Waals surface area contributed by atoms with Crippen LogP contribution in [-0.2, 0) is 30.5 Å². The Balaban J connectivity index is 0.000000267. The van der Waals surface area contributed by atoms with Crippen LogP contribution in [0.1, 0.15) is 82.1 Å². The van der Waals surface area contributed by atoms with Crippen LogP contribution < -0.4 is 24.3 Å². The molecule has 2 unspecified atom stereocenters. The number of aromatic nitrogens is 4. The highest BCUT2D eigenvalue weighted by molar-refractivity contribution is 5.45. The summed E-state index contributed by atoms with van der Waals surface area (Å²) in [6.45, 7) is 14.8. The third kappa shape index (κ3) is 14.0. The van der Waals surface area contributed by atoms with E-state index in [0.29, 0.717) is 31.3 Å². The first kappa shape index (κ1) is 43.8. The van der Waals surface area contributed by atoms with Crippen LogP contribution >= 0.6 is 0 Å². The maximum Gasteiger partial charge on any atom is 0.161 e. The second kappa shape index (κ2) is 23.9. The molecule has 2 aromatic heterocycles. The number of likely N-dealkylation sites (tertiary alicyclic amines) is 1. The average molecular weight is 743 g/mol. The van der Waals surface area contributed by atoms with Crippen molar-refractivity contribution in [1.82, 2.24) is 30.2 Å². The largest absolute Gasteiger partial charge is 0.493 e. The van der Waals surface area contributed by atoms with E-state index in [0.717, 1.165) is 109 Å². The number of hydrogen-bond acceptors (Lipinski definition) is 11. The lowest BCUT2D eigenvalue weighted by molar-refractivity contribution is -0.106. The topological polar surface area (TPSA) is 121 Å². The van der Waals surface area contributed by atoms with Crippen LogP contribution in [0.2, 0.25) is 0 Å². The molecule has 2 saturated heterocycles. The Bertz CT molecular complexity index is 1680. The minimum Gasteiger partial charge on any atom is -0.493 e. The van der Waals surface area contributed by atoms with Crippen molar-refractivity contribution < 1.29 is 23.7 Å². The Hall–Kier alpha value is -4.61. The molecule has 0 aliphatic carbocycles. The molecule has 6 rings (SSSR count). The molecule has 2 fully saturated rings. The summed E-state index contributed by atoms with van der Waals surface area (Å²) in [5.41, 5.74) is 4.40. The molecule has 2 atom stereocenters. The van der Waals surface area contributed by atoms with Gasteiger partial charge in [-0.05, 0) is 99.8 Å². The second-order valence-electron chi connectivity index (χ2n) is 13.2. The zero-order chi connectivity index (χ0) is 37.8. The number of rotatable bonds is 15. The summed E-state index contributed by atoms with van der Waals surface area (Å²) in [5, 5.41) is 3.36. The minimum absolute atomic E-state index is 0. The molecule has 294 valence electrons. The van der Waals surface area contributed by atoms with E-state index in [4.69, 9.17) is 23.7 Å². The maximum absolute atomic E-state index is 8.81. The van der Waals surface area contributed by atoms with Crippen LogP contribution in [0.15, 0.2) is 60.9 Å². The number of aldehydes is 1. The first-order chi connectivity index (χ1) is 25.9. The van der Waals surface area contributed by atoms with Crippen molar-refractivity contribution in [2.24, 2.45) is 11.8 Å². The summed E-state index contributed by atoms with van der Waals surface area (Å²) >= 11 is 0. The smallest absolute Gasteiger partial charge is 0.161 e. The van der Waals surface area contributed by atoms with Crippen molar-refractivity contribution >= 4 is 6.29 Å². The van der Waals surface area contributed by atoms with Gasteiger partial charge in [0.25, 0.3) is 0 Å². The van der Waals surface area contributed by atoms with E-state index >= 15 is 0 Å². The second-order valence-corrected chi connectivity index (χ2v) is 13.2. The lowest BCUT2D eigenvalue weighted by atomic mass is 10.1. The molecule has 11 nitrogen and oxygen atoms in total. The molecule has 4 heterocycles. The molecule has 0 bridgehead atoms. The molecule has 1 N–H and O–H groups in total. The first-order valence-electron chi connectivity index (χ1n) is 18.9. The molecule has 0 amide bonds. The van der Waals surface area contributed by atoms with Crippen LogP contribution in [0, 0.1) is 11.8 Å². The fraction of sp³-hybridized carbons (Fsp3) is 0.512. The van der Waals surface area contributed by atoms with E-state index < -0.39 is 0 Å². The van der Waals surface area contributed by atoms with Crippen LogP contribution in [0.3, 0.4) is 0 Å². The Kier molecular flexibility index (Phi) is 19.4. The molecular formula is C43H62N6O5. The summed E-state index contributed by atoms with van der Waals surface area (Å²) in [6.07, 6.45) is 10.0. The highest BCUT2D eigenvalue weighted by Crippen LogP contribution is 2.31. The van der Waals surface area contributed by atoms with Crippen molar-refractivity contribution in [3.63, 3.8) is 0 Å². The van der Waals surface area contributed by atoms with Crippen molar-refractivity contribution in [1.29, 1.82) is 0 Å². The lowest BCUT2D eigenvalue weighted by Gasteiger charge is -2.16. The molecule has 0 spiro atoms. The van der Waals surface area contributed by atoms with Crippen molar-refractivity contribution in [2.75, 3.05) is 60.2 Å². The molecule has 2 aromatic carbocycles. The first-order valence-corrected chi connectivity index (χ1v) is 18.9. The van der Waals surface area contributed by atoms with E-state index in [9.17, 15) is 0 Å². The molecule has 0 saturated carbocycles. The Morgan fingerprint density at radius 2 is 1.28 bits per heavy atom. The van der Waals surface area contributed by atoms with E-state index in [1.54, 1.807) is 14.2 Å². The fourth-order valence-electron chi connectivity index (χ4n) is 6.31. The van der Waals surface area contributed by atoms with Crippen LogP contribution in [-0.4, -0.2) is 91.3 Å². The molecule has 0 radical (unpaired) electrons. The summed E-state index contributed by atoms with van der Waals surface area (Å²) in [4.78, 5) is 29.2. The van der Waals surface area contributed by atoms with Gasteiger partial charge in [-0.1, -0.05) is 40.3 Å². The number of nitrogens with zero attached hydrogens (tertiary/aromatic N) is 5. The van der Waals surface area contributed by atoms with E-state index in [1.807, 2.05) is 48.8 Å². The van der Waals surface area contributed by atoms with Gasteiger partial charge in [0, 0.05) is 61.5 Å². The van der Waals surface area contributed by atoms with Crippen LogP contribution in [0.5, 0.6) is 23.0 Å². The molecular weight excluding hydrogens is 681 g/mol. The van der Waals surface area contributed by atoms with Gasteiger partial charge in [0.15, 0.2) is 23.0 Å². The number of hydrogen-bond donors (Lipinski definition) is 1. The highest BCUT2D eigenvalue weighted by atomic mass is 16.5. The number of methoxy groups -OCH3 is 2. The molecule has 2 aliphatic heterocycles. The monoisotopic (exact) mass is 742 g/mol. The summed E-state index contributed by atoms with van der Waals surface area (Å²) in [5.74, 6) is 6.01. The summed E-state index contributed by atoms with van der Waals surface area (Å²) < 4.78 is 23.1. The fourth-order valence-corrected chi connectivity index (χ4v) is 6.31. The predicted octanol–water partition coefficient (Wildman–Crippen LogP) is 6.83. The number of ether oxygens (including phenoxy) is 4. The van der Waals surface area contributed by atoms with Gasteiger partial charge in [0.1, 0.15) is 17.9 Å². The van der Waals surface area contributed by atoms with Crippen molar-refractivity contribution in [3.05, 3.63) is 95.1 Å². The molecule has 4 aromatic rings. The van der Waals surface area contributed by atoms with Crippen molar-refractivity contribution in [2.45, 2.75) is 73.6 Å². The summed E-state index contributed by atoms with van der Waals surface area (Å²) in [7, 11) is 3.36. The maximum atomic E-state index is 8.81. The third-order valence-corrected chi connectivity index (χ3v) is 9.36.